The highest BCUT2D eigenvalue weighted by atomic mass is 19.1. The van der Waals surface area contributed by atoms with Gasteiger partial charge in [-0.05, 0) is 19.4 Å². The van der Waals surface area contributed by atoms with Crippen molar-refractivity contribution in [3.05, 3.63) is 29.8 Å². The molecule has 0 aromatic heterocycles. The Labute approximate surface area is 107 Å². The Balaban J connectivity index is 2.49. The zero-order valence-corrected chi connectivity index (χ0v) is 11.0. The third kappa shape index (κ3) is 5.45. The number of rotatable bonds is 8. The summed E-state index contributed by atoms with van der Waals surface area (Å²) in [5.74, 6) is -0.982. The molecule has 102 valence electrons. The predicted molar refractivity (Wildman–Crippen MR) is 68.8 cm³/mol. The second-order valence-electron chi connectivity index (χ2n) is 4.36. The van der Waals surface area contributed by atoms with Crippen LogP contribution in [0.2, 0.25) is 0 Å². The van der Waals surface area contributed by atoms with Crippen LogP contribution < -0.4 is 10.1 Å². The van der Waals surface area contributed by atoms with Crippen molar-refractivity contribution in [1.29, 1.82) is 0 Å². The van der Waals surface area contributed by atoms with E-state index in [9.17, 15) is 8.78 Å². The molecule has 1 atom stereocenters. The molecule has 0 heterocycles. The molecule has 1 unspecified atom stereocenters. The van der Waals surface area contributed by atoms with E-state index in [0.29, 0.717) is 6.61 Å². The van der Waals surface area contributed by atoms with Gasteiger partial charge in [0.2, 0.25) is 0 Å². The molecule has 0 aliphatic carbocycles. The van der Waals surface area contributed by atoms with Crippen molar-refractivity contribution in [3.8, 4) is 5.75 Å². The molecule has 4 heteroatoms. The molecule has 1 aromatic carbocycles. The van der Waals surface area contributed by atoms with Gasteiger partial charge < -0.3 is 10.1 Å². The summed E-state index contributed by atoms with van der Waals surface area (Å²) in [5.41, 5.74) is 0. The van der Waals surface area contributed by atoms with Crippen LogP contribution in [0, 0.1) is 11.6 Å². The summed E-state index contributed by atoms with van der Waals surface area (Å²) in [7, 11) is 0. The summed E-state index contributed by atoms with van der Waals surface area (Å²) < 4.78 is 31.4. The SMILES string of the molecule is CCCNC(CCC)COc1cc(F)cc(F)c1. The third-order valence-corrected chi connectivity index (χ3v) is 2.61. The van der Waals surface area contributed by atoms with Gasteiger partial charge in [0, 0.05) is 24.2 Å². The van der Waals surface area contributed by atoms with Crippen LogP contribution in [0.3, 0.4) is 0 Å². The molecule has 0 saturated heterocycles. The number of nitrogens with one attached hydrogen (secondary N) is 1. The van der Waals surface area contributed by atoms with Gasteiger partial charge in [-0.25, -0.2) is 8.78 Å². The first-order valence-corrected chi connectivity index (χ1v) is 6.48. The van der Waals surface area contributed by atoms with Crippen LogP contribution in [0.5, 0.6) is 5.75 Å². The van der Waals surface area contributed by atoms with Crippen LogP contribution in [-0.2, 0) is 0 Å². The van der Waals surface area contributed by atoms with Gasteiger partial charge in [0.05, 0.1) is 0 Å². The van der Waals surface area contributed by atoms with E-state index in [4.69, 9.17) is 4.74 Å². The lowest BCUT2D eigenvalue weighted by molar-refractivity contribution is 0.254. The summed E-state index contributed by atoms with van der Waals surface area (Å²) in [6.07, 6.45) is 3.08. The molecule has 0 bridgehead atoms. The van der Waals surface area contributed by atoms with E-state index in [-0.39, 0.29) is 11.8 Å². The van der Waals surface area contributed by atoms with Crippen molar-refractivity contribution in [2.45, 2.75) is 39.2 Å². The van der Waals surface area contributed by atoms with Gasteiger partial charge in [0.1, 0.15) is 24.0 Å². The molecule has 0 aliphatic heterocycles. The Morgan fingerprint density at radius 2 is 1.78 bits per heavy atom. The molecule has 0 fully saturated rings. The van der Waals surface area contributed by atoms with Crippen LogP contribution in [0.1, 0.15) is 33.1 Å². The Bertz CT molecular complexity index is 337. The van der Waals surface area contributed by atoms with E-state index < -0.39 is 11.6 Å². The van der Waals surface area contributed by atoms with E-state index in [1.165, 1.54) is 12.1 Å². The fourth-order valence-electron chi connectivity index (χ4n) is 1.75. The van der Waals surface area contributed by atoms with E-state index in [0.717, 1.165) is 31.9 Å². The first-order chi connectivity index (χ1) is 8.65. The minimum atomic E-state index is -0.612. The molecule has 18 heavy (non-hydrogen) atoms. The normalized spacial score (nSPS) is 12.4. The van der Waals surface area contributed by atoms with E-state index in [1.807, 2.05) is 0 Å². The Morgan fingerprint density at radius 3 is 2.33 bits per heavy atom. The Kier molecular flexibility index (Phi) is 6.65. The van der Waals surface area contributed by atoms with E-state index >= 15 is 0 Å². The highest BCUT2D eigenvalue weighted by Gasteiger charge is 2.08. The monoisotopic (exact) mass is 257 g/mol. The molecule has 0 spiro atoms. The number of ether oxygens (including phenoxy) is 1. The molecule has 0 aliphatic rings. The average Bonchev–Trinajstić information content (AvgIpc) is 2.31. The minimum absolute atomic E-state index is 0.223. The average molecular weight is 257 g/mol. The quantitative estimate of drug-likeness (QED) is 0.769. The summed E-state index contributed by atoms with van der Waals surface area (Å²) in [6.45, 7) is 5.55. The molecular weight excluding hydrogens is 236 g/mol. The lowest BCUT2D eigenvalue weighted by atomic mass is 10.2. The van der Waals surface area contributed by atoms with Crippen molar-refractivity contribution in [2.24, 2.45) is 0 Å². The standard InChI is InChI=1S/C14H21F2NO/c1-3-5-13(17-6-4-2)10-18-14-8-11(15)7-12(16)9-14/h7-9,13,17H,3-6,10H2,1-2H3. The zero-order valence-electron chi connectivity index (χ0n) is 11.0. The summed E-state index contributed by atoms with van der Waals surface area (Å²) in [5, 5.41) is 3.36. The van der Waals surface area contributed by atoms with Crippen LogP contribution in [0.25, 0.3) is 0 Å². The number of halogens is 2. The number of hydrogen-bond acceptors (Lipinski definition) is 2. The minimum Gasteiger partial charge on any atom is -0.492 e. The van der Waals surface area contributed by atoms with Crippen molar-refractivity contribution in [1.82, 2.24) is 5.32 Å². The van der Waals surface area contributed by atoms with Gasteiger partial charge in [0.25, 0.3) is 0 Å². The van der Waals surface area contributed by atoms with Crippen molar-refractivity contribution in [2.75, 3.05) is 13.2 Å². The topological polar surface area (TPSA) is 21.3 Å². The van der Waals surface area contributed by atoms with Gasteiger partial charge in [-0.2, -0.15) is 0 Å². The van der Waals surface area contributed by atoms with Crippen molar-refractivity contribution >= 4 is 0 Å². The molecule has 0 saturated carbocycles. The van der Waals surface area contributed by atoms with E-state index in [2.05, 4.69) is 19.2 Å². The number of benzene rings is 1. The first-order valence-electron chi connectivity index (χ1n) is 6.48. The van der Waals surface area contributed by atoms with Crippen LogP contribution >= 0.6 is 0 Å². The van der Waals surface area contributed by atoms with Crippen molar-refractivity contribution < 1.29 is 13.5 Å². The Hall–Kier alpha value is -1.16. The van der Waals surface area contributed by atoms with Gasteiger partial charge in [-0.15, -0.1) is 0 Å². The maximum absolute atomic E-state index is 13.0. The van der Waals surface area contributed by atoms with Crippen LogP contribution in [0.15, 0.2) is 18.2 Å². The number of hydrogen-bond donors (Lipinski definition) is 1. The molecule has 1 rings (SSSR count). The summed E-state index contributed by atoms with van der Waals surface area (Å²) in [6, 6.07) is 3.46. The Morgan fingerprint density at radius 1 is 1.11 bits per heavy atom. The summed E-state index contributed by atoms with van der Waals surface area (Å²) >= 11 is 0. The second kappa shape index (κ2) is 8.03. The molecule has 0 amide bonds. The maximum Gasteiger partial charge on any atom is 0.129 e. The lowest BCUT2D eigenvalue weighted by Gasteiger charge is -2.18. The van der Waals surface area contributed by atoms with Crippen molar-refractivity contribution in [3.63, 3.8) is 0 Å². The smallest absolute Gasteiger partial charge is 0.129 e. The largest absolute Gasteiger partial charge is 0.492 e. The van der Waals surface area contributed by atoms with Crippen LogP contribution in [-0.4, -0.2) is 19.2 Å². The predicted octanol–water partition coefficient (Wildman–Crippen LogP) is 3.51. The van der Waals surface area contributed by atoms with Gasteiger partial charge >= 0.3 is 0 Å². The fraction of sp³-hybridized carbons (Fsp3) is 0.571. The van der Waals surface area contributed by atoms with Gasteiger partial charge in [-0.1, -0.05) is 20.3 Å². The molecule has 1 aromatic rings. The van der Waals surface area contributed by atoms with Gasteiger partial charge in [-0.3, -0.25) is 0 Å². The molecular formula is C14H21F2NO. The van der Waals surface area contributed by atoms with Crippen LogP contribution in [0.4, 0.5) is 8.78 Å². The zero-order chi connectivity index (χ0) is 13.4. The molecule has 0 radical (unpaired) electrons. The first kappa shape index (κ1) is 14.9. The molecule has 2 nitrogen and oxygen atoms in total. The van der Waals surface area contributed by atoms with Gasteiger partial charge in [0.15, 0.2) is 0 Å². The third-order valence-electron chi connectivity index (χ3n) is 2.61. The maximum atomic E-state index is 13.0. The highest BCUT2D eigenvalue weighted by Crippen LogP contribution is 2.15. The second-order valence-corrected chi connectivity index (χ2v) is 4.36. The molecule has 1 N–H and O–H groups in total. The van der Waals surface area contributed by atoms with E-state index in [1.54, 1.807) is 0 Å². The fourth-order valence-corrected chi connectivity index (χ4v) is 1.75. The summed E-state index contributed by atoms with van der Waals surface area (Å²) in [4.78, 5) is 0. The lowest BCUT2D eigenvalue weighted by Crippen LogP contribution is -2.35. The highest BCUT2D eigenvalue weighted by molar-refractivity contribution is 5.23.